The van der Waals surface area contributed by atoms with E-state index in [2.05, 4.69) is 13.8 Å². The second kappa shape index (κ2) is 15.8. The van der Waals surface area contributed by atoms with Gasteiger partial charge in [-0.2, -0.15) is 0 Å². The van der Waals surface area contributed by atoms with Gasteiger partial charge in [0, 0.05) is 5.02 Å². The van der Waals surface area contributed by atoms with Crippen molar-refractivity contribution < 1.29 is 23.8 Å². The van der Waals surface area contributed by atoms with Crippen molar-refractivity contribution in [2.75, 3.05) is 13.4 Å². The fourth-order valence-electron chi connectivity index (χ4n) is 1.58. The Morgan fingerprint density at radius 1 is 0.929 bits per heavy atom. The summed E-state index contributed by atoms with van der Waals surface area (Å²) in [5, 5.41) is 0.735. The van der Waals surface area contributed by atoms with E-state index < -0.39 is 18.7 Å². The molecule has 5 nitrogen and oxygen atoms in total. The molecule has 2 aromatic carbocycles. The minimum Gasteiger partial charge on any atom is -0.480 e. The Morgan fingerprint density at radius 2 is 1.54 bits per heavy atom. The van der Waals surface area contributed by atoms with Crippen LogP contribution in [0, 0.1) is 0 Å². The van der Waals surface area contributed by atoms with Gasteiger partial charge in [0.1, 0.15) is 5.75 Å². The molecular weight excluding hydrogens is 403 g/mol. The van der Waals surface area contributed by atoms with E-state index in [-0.39, 0.29) is 11.6 Å². The van der Waals surface area contributed by atoms with Crippen molar-refractivity contribution in [2.45, 2.75) is 34.1 Å². The van der Waals surface area contributed by atoms with Crippen molar-refractivity contribution in [1.82, 2.24) is 0 Å². The van der Waals surface area contributed by atoms with Crippen LogP contribution in [0.3, 0.4) is 0 Å². The molecule has 7 heteroatoms. The van der Waals surface area contributed by atoms with Gasteiger partial charge in [-0.25, -0.2) is 9.59 Å². The van der Waals surface area contributed by atoms with Gasteiger partial charge in [-0.3, -0.25) is 0 Å². The van der Waals surface area contributed by atoms with Gasteiger partial charge in [-0.05, 0) is 30.3 Å². The molecule has 2 aromatic rings. The molecule has 0 amide bonds. The van der Waals surface area contributed by atoms with Crippen molar-refractivity contribution in [3.05, 3.63) is 64.1 Å². The van der Waals surface area contributed by atoms with Crippen molar-refractivity contribution in [2.24, 2.45) is 0 Å². The predicted molar refractivity (Wildman–Crippen MR) is 112 cm³/mol. The zero-order chi connectivity index (χ0) is 21.4. The molecule has 0 aromatic heterocycles. The van der Waals surface area contributed by atoms with Gasteiger partial charge in [0.15, 0.2) is 6.61 Å². The van der Waals surface area contributed by atoms with E-state index in [4.69, 9.17) is 37.4 Å². The molecule has 0 heterocycles. The Morgan fingerprint density at radius 3 is 2.11 bits per heavy atom. The van der Waals surface area contributed by atoms with Crippen LogP contribution < -0.4 is 4.74 Å². The minimum absolute atomic E-state index is 0.279. The average molecular weight is 429 g/mol. The Balaban J connectivity index is 0.00000133. The van der Waals surface area contributed by atoms with Crippen molar-refractivity contribution in [3.8, 4) is 5.75 Å². The molecule has 0 unspecified atom stereocenters. The molecule has 0 aliphatic carbocycles. The molecule has 0 bridgehead atoms. The van der Waals surface area contributed by atoms with E-state index in [1.165, 1.54) is 18.6 Å². The summed E-state index contributed by atoms with van der Waals surface area (Å²) >= 11 is 11.6. The average Bonchev–Trinajstić information content (AvgIpc) is 2.70. The second-order valence-corrected chi connectivity index (χ2v) is 5.85. The third-order valence-electron chi connectivity index (χ3n) is 2.66. The van der Waals surface area contributed by atoms with Crippen LogP contribution in [0.4, 0.5) is 0 Å². The van der Waals surface area contributed by atoms with E-state index in [1.54, 1.807) is 36.4 Å². The smallest absolute Gasteiger partial charge is 0.347 e. The Bertz CT molecular complexity index is 705. The maximum atomic E-state index is 11.6. The molecular formula is C21H26Cl2O5. The van der Waals surface area contributed by atoms with Crippen LogP contribution in [0.15, 0.2) is 48.5 Å². The van der Waals surface area contributed by atoms with Gasteiger partial charge < -0.3 is 14.2 Å². The third kappa shape index (κ3) is 10.8. The lowest BCUT2D eigenvalue weighted by molar-refractivity contribution is -0.154. The van der Waals surface area contributed by atoms with Gasteiger partial charge in [-0.15, -0.1) is 0 Å². The topological polar surface area (TPSA) is 61.8 Å². The molecule has 154 valence electrons. The van der Waals surface area contributed by atoms with Crippen molar-refractivity contribution >= 4 is 35.1 Å². The predicted octanol–water partition coefficient (Wildman–Crippen LogP) is 6.17. The van der Waals surface area contributed by atoms with Crippen LogP contribution in [0.1, 0.15) is 44.5 Å². The number of carbonyl (C=O) groups is 2. The molecule has 0 spiro atoms. The van der Waals surface area contributed by atoms with Gasteiger partial charge >= 0.3 is 11.9 Å². The van der Waals surface area contributed by atoms with Crippen molar-refractivity contribution in [1.29, 1.82) is 0 Å². The molecule has 0 saturated carbocycles. The normalized spacial score (nSPS) is 9.07. The number of carbonyl (C=O) groups excluding carboxylic acids is 2. The van der Waals surface area contributed by atoms with Crippen LogP contribution in [0.2, 0.25) is 10.0 Å². The van der Waals surface area contributed by atoms with Crippen LogP contribution in [-0.4, -0.2) is 25.3 Å². The molecule has 28 heavy (non-hydrogen) atoms. The van der Waals surface area contributed by atoms with E-state index >= 15 is 0 Å². The molecule has 0 saturated heterocycles. The van der Waals surface area contributed by atoms with Crippen LogP contribution >= 0.6 is 23.2 Å². The first-order chi connectivity index (χ1) is 13.5. The summed E-state index contributed by atoms with van der Waals surface area (Å²) in [5.41, 5.74) is 0.368. The van der Waals surface area contributed by atoms with E-state index in [1.807, 2.05) is 13.8 Å². The fraction of sp³-hybridized carbons (Fsp3) is 0.333. The lowest BCUT2D eigenvalue weighted by atomic mass is 10.2. The molecule has 0 fully saturated rings. The molecule has 2 rings (SSSR count). The quantitative estimate of drug-likeness (QED) is 0.406. The monoisotopic (exact) mass is 428 g/mol. The summed E-state index contributed by atoms with van der Waals surface area (Å²) in [7, 11) is 0. The number of rotatable bonds is 6. The second-order valence-electron chi connectivity index (χ2n) is 5.00. The standard InChI is InChI=1S/C16H12Cl2O5.C3H8.C2H6/c17-12-6-7-14(13(18)8-12)21-9-15(19)22-10-23-16(20)11-4-2-1-3-5-11;1-3-2;1-2/h1-8H,9-10H2;3H2,1-2H3;1-2H3. The zero-order valence-corrected chi connectivity index (χ0v) is 18.0. The summed E-state index contributed by atoms with van der Waals surface area (Å²) < 4.78 is 14.7. The number of esters is 2. The summed E-state index contributed by atoms with van der Waals surface area (Å²) in [5.74, 6) is -0.980. The van der Waals surface area contributed by atoms with Gasteiger partial charge in [-0.1, -0.05) is 75.5 Å². The molecule has 0 aliphatic heterocycles. The lowest BCUT2D eigenvalue weighted by Gasteiger charge is -2.09. The van der Waals surface area contributed by atoms with Gasteiger partial charge in [0.2, 0.25) is 6.79 Å². The first-order valence-electron chi connectivity index (χ1n) is 8.93. The maximum Gasteiger partial charge on any atom is 0.347 e. The molecule has 0 radical (unpaired) electrons. The molecule has 0 N–H and O–H groups in total. The highest BCUT2D eigenvalue weighted by Gasteiger charge is 2.10. The zero-order valence-electron chi connectivity index (χ0n) is 16.5. The largest absolute Gasteiger partial charge is 0.480 e. The van der Waals surface area contributed by atoms with Crippen LogP contribution in [0.25, 0.3) is 0 Å². The highest BCUT2D eigenvalue weighted by atomic mass is 35.5. The highest BCUT2D eigenvalue weighted by Crippen LogP contribution is 2.27. The van der Waals surface area contributed by atoms with E-state index in [0.29, 0.717) is 16.3 Å². The SMILES string of the molecule is CC.CCC.O=C(COc1ccc(Cl)cc1Cl)OCOC(=O)c1ccccc1. The van der Waals surface area contributed by atoms with Gasteiger partial charge in [0.05, 0.1) is 10.6 Å². The number of ether oxygens (including phenoxy) is 3. The number of benzene rings is 2. The lowest BCUT2D eigenvalue weighted by Crippen LogP contribution is -2.18. The van der Waals surface area contributed by atoms with E-state index in [9.17, 15) is 9.59 Å². The number of hydrogen-bond acceptors (Lipinski definition) is 5. The van der Waals surface area contributed by atoms with Crippen molar-refractivity contribution in [3.63, 3.8) is 0 Å². The first kappa shape index (κ1) is 25.8. The fourth-order valence-corrected chi connectivity index (χ4v) is 2.04. The number of hydrogen-bond donors (Lipinski definition) is 0. The Hall–Kier alpha value is -2.24. The molecule has 0 aliphatic rings. The summed E-state index contributed by atoms with van der Waals surface area (Å²) in [4.78, 5) is 23.1. The third-order valence-corrected chi connectivity index (χ3v) is 3.19. The van der Waals surface area contributed by atoms with E-state index in [0.717, 1.165) is 0 Å². The minimum atomic E-state index is -0.697. The van der Waals surface area contributed by atoms with Gasteiger partial charge in [0.25, 0.3) is 0 Å². The van der Waals surface area contributed by atoms with Crippen LogP contribution in [-0.2, 0) is 14.3 Å². The van der Waals surface area contributed by atoms with Crippen LogP contribution in [0.5, 0.6) is 5.75 Å². The summed E-state index contributed by atoms with van der Waals surface area (Å²) in [6, 6.07) is 13.0. The Labute approximate surface area is 176 Å². The Kier molecular flexibility index (Phi) is 14.5. The highest BCUT2D eigenvalue weighted by molar-refractivity contribution is 6.35. The summed E-state index contributed by atoms with van der Waals surface area (Å²) in [6.07, 6.45) is 1.25. The first-order valence-corrected chi connectivity index (χ1v) is 9.69. The maximum absolute atomic E-state index is 11.6. The molecule has 0 atom stereocenters. The number of halogens is 2. The summed E-state index contributed by atoms with van der Waals surface area (Å²) in [6.45, 7) is 7.38.